The highest BCUT2D eigenvalue weighted by Crippen LogP contribution is 2.32. The Morgan fingerprint density at radius 1 is 1.21 bits per heavy atom. The first-order valence-corrected chi connectivity index (χ1v) is 10.9. The summed E-state index contributed by atoms with van der Waals surface area (Å²) in [5, 5.41) is 10.2. The van der Waals surface area contributed by atoms with Gasteiger partial charge in [0, 0.05) is 10.6 Å². The van der Waals surface area contributed by atoms with E-state index < -0.39 is 28.0 Å². The number of sulfonamides is 1. The predicted octanol–water partition coefficient (Wildman–Crippen LogP) is 1.56. The summed E-state index contributed by atoms with van der Waals surface area (Å²) >= 11 is 1.37. The summed E-state index contributed by atoms with van der Waals surface area (Å²) in [4.78, 5) is 36.8. The average molecular weight is 435 g/mol. The molecule has 1 heterocycles. The lowest BCUT2D eigenvalue weighted by molar-refractivity contribution is -0.123. The number of amides is 2. The maximum Gasteiger partial charge on any atom is 0.338 e. The lowest BCUT2D eigenvalue weighted by Crippen LogP contribution is -2.30. The number of hydrogen-bond acceptors (Lipinski definition) is 7. The van der Waals surface area contributed by atoms with Crippen molar-refractivity contribution >= 4 is 50.9 Å². The smallest absolute Gasteiger partial charge is 0.338 e. The standard InChI is InChI=1S/C18H17N3O6S2/c1-10(17(23)20-12-3-5-13(6-4-12)29(19,25)26)27-18(24)11-2-7-15-14(8-11)21-16(22)9-28-15/h2-8,10H,9H2,1H3,(H,20,23)(H,21,22)(H2,19,25,26). The zero-order valence-electron chi connectivity index (χ0n) is 15.2. The maximum atomic E-state index is 12.3. The molecule has 2 aromatic carbocycles. The Labute approximate surface area is 171 Å². The number of hydrogen-bond donors (Lipinski definition) is 3. The van der Waals surface area contributed by atoms with Crippen LogP contribution in [-0.2, 0) is 24.3 Å². The molecule has 3 rings (SSSR count). The first kappa shape index (κ1) is 20.8. The number of esters is 1. The molecule has 1 unspecified atom stereocenters. The summed E-state index contributed by atoms with van der Waals surface area (Å²) in [6.45, 7) is 1.40. The van der Waals surface area contributed by atoms with E-state index in [0.717, 1.165) is 4.90 Å². The van der Waals surface area contributed by atoms with E-state index in [-0.39, 0.29) is 16.4 Å². The molecule has 0 aromatic heterocycles. The first-order valence-electron chi connectivity index (χ1n) is 8.35. The van der Waals surface area contributed by atoms with Crippen molar-refractivity contribution in [3.8, 4) is 0 Å². The molecular formula is C18H17N3O6S2. The molecule has 0 spiro atoms. The van der Waals surface area contributed by atoms with Crippen molar-refractivity contribution in [3.05, 3.63) is 48.0 Å². The van der Waals surface area contributed by atoms with E-state index in [9.17, 15) is 22.8 Å². The van der Waals surface area contributed by atoms with Crippen LogP contribution in [0.25, 0.3) is 0 Å². The molecule has 0 saturated carbocycles. The van der Waals surface area contributed by atoms with Crippen LogP contribution >= 0.6 is 11.8 Å². The SMILES string of the molecule is CC(OC(=O)c1ccc2c(c1)NC(=O)CS2)C(=O)Nc1ccc(S(N)(=O)=O)cc1. The topological polar surface area (TPSA) is 145 Å². The normalized spacial score (nSPS) is 14.3. The van der Waals surface area contributed by atoms with Crippen molar-refractivity contribution in [3.63, 3.8) is 0 Å². The maximum absolute atomic E-state index is 12.3. The van der Waals surface area contributed by atoms with Crippen LogP contribution in [0.5, 0.6) is 0 Å². The van der Waals surface area contributed by atoms with Gasteiger partial charge in [-0.05, 0) is 49.4 Å². The van der Waals surface area contributed by atoms with Gasteiger partial charge in [-0.25, -0.2) is 18.4 Å². The third-order valence-corrected chi connectivity index (χ3v) is 5.95. The van der Waals surface area contributed by atoms with Crippen LogP contribution in [0, 0.1) is 0 Å². The molecule has 0 fully saturated rings. The zero-order chi connectivity index (χ0) is 21.2. The van der Waals surface area contributed by atoms with Gasteiger partial charge in [0.1, 0.15) is 0 Å². The minimum atomic E-state index is -3.83. The summed E-state index contributed by atoms with van der Waals surface area (Å²) in [5.74, 6) is -1.16. The fraction of sp³-hybridized carbons (Fsp3) is 0.167. The van der Waals surface area contributed by atoms with Gasteiger partial charge < -0.3 is 15.4 Å². The average Bonchev–Trinajstić information content (AvgIpc) is 2.67. The second-order valence-corrected chi connectivity index (χ2v) is 8.73. The van der Waals surface area contributed by atoms with Crippen LogP contribution in [0.2, 0.25) is 0 Å². The van der Waals surface area contributed by atoms with Crippen molar-refractivity contribution in [2.75, 3.05) is 16.4 Å². The van der Waals surface area contributed by atoms with E-state index in [1.54, 1.807) is 12.1 Å². The highest BCUT2D eigenvalue weighted by molar-refractivity contribution is 8.00. The van der Waals surface area contributed by atoms with Crippen molar-refractivity contribution in [1.29, 1.82) is 0 Å². The van der Waals surface area contributed by atoms with Gasteiger partial charge >= 0.3 is 5.97 Å². The molecular weight excluding hydrogens is 418 g/mol. The fourth-order valence-electron chi connectivity index (χ4n) is 2.46. The molecule has 0 saturated heterocycles. The van der Waals surface area contributed by atoms with Crippen LogP contribution in [0.15, 0.2) is 52.3 Å². The number of fused-ring (bicyclic) bond motifs is 1. The van der Waals surface area contributed by atoms with Gasteiger partial charge in [-0.2, -0.15) is 0 Å². The van der Waals surface area contributed by atoms with Crippen LogP contribution in [0.3, 0.4) is 0 Å². The number of nitrogens with two attached hydrogens (primary N) is 1. The van der Waals surface area contributed by atoms with Gasteiger partial charge in [0.2, 0.25) is 15.9 Å². The Kier molecular flexibility index (Phi) is 5.91. The van der Waals surface area contributed by atoms with Crippen LogP contribution < -0.4 is 15.8 Å². The number of rotatable bonds is 5. The molecule has 0 bridgehead atoms. The molecule has 0 aliphatic carbocycles. The lowest BCUT2D eigenvalue weighted by Gasteiger charge is -2.17. The van der Waals surface area contributed by atoms with Crippen molar-refractivity contribution < 1.29 is 27.5 Å². The Balaban J connectivity index is 1.63. The molecule has 29 heavy (non-hydrogen) atoms. The highest BCUT2D eigenvalue weighted by Gasteiger charge is 2.22. The van der Waals surface area contributed by atoms with Crippen LogP contribution in [0.1, 0.15) is 17.3 Å². The summed E-state index contributed by atoms with van der Waals surface area (Å²) < 4.78 is 27.7. The van der Waals surface area contributed by atoms with E-state index in [4.69, 9.17) is 9.88 Å². The minimum absolute atomic E-state index is 0.0901. The van der Waals surface area contributed by atoms with E-state index in [0.29, 0.717) is 17.1 Å². The molecule has 2 amide bonds. The molecule has 4 N–H and O–H groups in total. The van der Waals surface area contributed by atoms with E-state index in [1.807, 2.05) is 0 Å². The quantitative estimate of drug-likeness (QED) is 0.604. The Morgan fingerprint density at radius 3 is 2.55 bits per heavy atom. The molecule has 1 atom stereocenters. The van der Waals surface area contributed by atoms with Crippen molar-refractivity contribution in [2.24, 2.45) is 5.14 Å². The molecule has 152 valence electrons. The monoisotopic (exact) mass is 435 g/mol. The summed E-state index contributed by atoms with van der Waals surface area (Å²) in [6.07, 6.45) is -1.11. The van der Waals surface area contributed by atoms with Crippen molar-refractivity contribution in [1.82, 2.24) is 0 Å². The second kappa shape index (κ2) is 8.23. The van der Waals surface area contributed by atoms with Gasteiger partial charge in [0.05, 0.1) is 21.9 Å². The van der Waals surface area contributed by atoms with Gasteiger partial charge in [-0.3, -0.25) is 9.59 Å². The van der Waals surface area contributed by atoms with Crippen LogP contribution in [-0.4, -0.2) is 38.1 Å². The molecule has 0 radical (unpaired) electrons. The number of carbonyl (C=O) groups excluding carboxylic acids is 3. The number of primary sulfonamides is 1. The fourth-order valence-corrected chi connectivity index (χ4v) is 3.77. The number of anilines is 2. The van der Waals surface area contributed by atoms with E-state index >= 15 is 0 Å². The molecule has 2 aromatic rings. The third kappa shape index (κ3) is 5.13. The minimum Gasteiger partial charge on any atom is -0.449 e. The van der Waals surface area contributed by atoms with E-state index in [1.165, 1.54) is 49.0 Å². The molecule has 1 aliphatic rings. The number of benzene rings is 2. The molecule has 11 heteroatoms. The van der Waals surface area contributed by atoms with Crippen molar-refractivity contribution in [2.45, 2.75) is 22.8 Å². The predicted molar refractivity (Wildman–Crippen MR) is 107 cm³/mol. The number of ether oxygens (including phenoxy) is 1. The molecule has 9 nitrogen and oxygen atoms in total. The Morgan fingerprint density at radius 2 is 1.90 bits per heavy atom. The van der Waals surface area contributed by atoms with E-state index in [2.05, 4.69) is 10.6 Å². The number of thioether (sulfide) groups is 1. The summed E-state index contributed by atoms with van der Waals surface area (Å²) in [5.41, 5.74) is 1.04. The first-order chi connectivity index (χ1) is 13.6. The largest absolute Gasteiger partial charge is 0.449 e. The Hall–Kier alpha value is -2.89. The zero-order valence-corrected chi connectivity index (χ0v) is 16.8. The number of nitrogens with one attached hydrogen (secondary N) is 2. The Bertz CT molecular complexity index is 1080. The summed E-state index contributed by atoms with van der Waals surface area (Å²) in [6, 6.07) is 10.0. The van der Waals surface area contributed by atoms with Gasteiger partial charge in [-0.15, -0.1) is 11.8 Å². The van der Waals surface area contributed by atoms with Gasteiger partial charge in [-0.1, -0.05) is 0 Å². The second-order valence-electron chi connectivity index (χ2n) is 6.15. The third-order valence-electron chi connectivity index (χ3n) is 3.95. The van der Waals surface area contributed by atoms with Gasteiger partial charge in [0.15, 0.2) is 6.10 Å². The van der Waals surface area contributed by atoms with Crippen LogP contribution in [0.4, 0.5) is 11.4 Å². The molecule has 1 aliphatic heterocycles. The number of carbonyl (C=O) groups is 3. The highest BCUT2D eigenvalue weighted by atomic mass is 32.2. The van der Waals surface area contributed by atoms with Gasteiger partial charge in [0.25, 0.3) is 5.91 Å². The lowest BCUT2D eigenvalue weighted by atomic mass is 10.2. The summed E-state index contributed by atoms with van der Waals surface area (Å²) in [7, 11) is -3.83.